The highest BCUT2D eigenvalue weighted by molar-refractivity contribution is 5.94. The van der Waals surface area contributed by atoms with Crippen molar-refractivity contribution in [1.82, 2.24) is 19.7 Å². The van der Waals surface area contributed by atoms with Crippen LogP contribution in [0.25, 0.3) is 0 Å². The maximum Gasteiger partial charge on any atom is 0.337 e. The molecule has 3 rings (SSSR count). The number of aromatic carboxylic acids is 1. The molecule has 0 spiro atoms. The van der Waals surface area contributed by atoms with Crippen LogP contribution >= 0.6 is 0 Å². The van der Waals surface area contributed by atoms with Crippen LogP contribution in [0.15, 0.2) is 24.7 Å². The van der Waals surface area contributed by atoms with Gasteiger partial charge in [0, 0.05) is 25.5 Å². The van der Waals surface area contributed by atoms with Gasteiger partial charge < -0.3 is 15.3 Å². The van der Waals surface area contributed by atoms with Crippen LogP contribution in [0.2, 0.25) is 0 Å². The predicted molar refractivity (Wildman–Crippen MR) is 87.1 cm³/mol. The minimum atomic E-state index is -0.981. The molecule has 1 saturated heterocycles. The third-order valence-corrected chi connectivity index (χ3v) is 4.33. The van der Waals surface area contributed by atoms with E-state index < -0.39 is 5.97 Å². The van der Waals surface area contributed by atoms with Crippen molar-refractivity contribution in [1.29, 1.82) is 0 Å². The number of anilines is 2. The van der Waals surface area contributed by atoms with Gasteiger partial charge in [0.2, 0.25) is 0 Å². The van der Waals surface area contributed by atoms with E-state index in [4.69, 9.17) is 0 Å². The van der Waals surface area contributed by atoms with Gasteiger partial charge >= 0.3 is 5.97 Å². The van der Waals surface area contributed by atoms with Crippen molar-refractivity contribution in [3.8, 4) is 0 Å². The standard InChI is InChI=1S/C16H21N5O2/c1-10-7-20(3)9-15(10)21-8-14(11(2)19-21)18-13-6-17-5-4-12(13)16(22)23/h4-6,8,10,15,18H,7,9H2,1-3H3,(H,22,23)/t10-,15+/m0/s1. The Bertz CT molecular complexity index is 727. The van der Waals surface area contributed by atoms with Crippen LogP contribution in [0.5, 0.6) is 0 Å². The smallest absolute Gasteiger partial charge is 0.337 e. The molecular formula is C16H21N5O2. The lowest BCUT2D eigenvalue weighted by molar-refractivity contribution is 0.0698. The number of aromatic nitrogens is 3. The molecule has 1 aliphatic rings. The zero-order valence-corrected chi connectivity index (χ0v) is 13.5. The van der Waals surface area contributed by atoms with E-state index in [-0.39, 0.29) is 5.56 Å². The molecule has 23 heavy (non-hydrogen) atoms. The topological polar surface area (TPSA) is 83.3 Å². The van der Waals surface area contributed by atoms with Crippen molar-refractivity contribution in [2.24, 2.45) is 5.92 Å². The van der Waals surface area contributed by atoms with E-state index in [9.17, 15) is 9.90 Å². The highest BCUT2D eigenvalue weighted by Crippen LogP contribution is 2.29. The summed E-state index contributed by atoms with van der Waals surface area (Å²) in [5, 5.41) is 17.0. The van der Waals surface area contributed by atoms with Crippen molar-refractivity contribution in [2.45, 2.75) is 19.9 Å². The summed E-state index contributed by atoms with van der Waals surface area (Å²) in [4.78, 5) is 17.6. The summed E-state index contributed by atoms with van der Waals surface area (Å²) in [5.74, 6) is -0.453. The summed E-state index contributed by atoms with van der Waals surface area (Å²) in [7, 11) is 2.11. The van der Waals surface area contributed by atoms with Gasteiger partial charge in [-0.3, -0.25) is 9.67 Å². The summed E-state index contributed by atoms with van der Waals surface area (Å²) in [6, 6.07) is 1.82. The lowest BCUT2D eigenvalue weighted by Crippen LogP contribution is -2.17. The van der Waals surface area contributed by atoms with Crippen LogP contribution < -0.4 is 5.32 Å². The van der Waals surface area contributed by atoms with Gasteiger partial charge in [-0.05, 0) is 26.0 Å². The number of pyridine rings is 1. The van der Waals surface area contributed by atoms with Crippen LogP contribution in [0, 0.1) is 12.8 Å². The number of rotatable bonds is 4. The molecule has 1 fully saturated rings. The van der Waals surface area contributed by atoms with E-state index >= 15 is 0 Å². The Morgan fingerprint density at radius 1 is 1.39 bits per heavy atom. The Morgan fingerprint density at radius 2 is 2.17 bits per heavy atom. The molecule has 1 aliphatic heterocycles. The molecule has 0 unspecified atom stereocenters. The second-order valence-corrected chi connectivity index (χ2v) is 6.23. The van der Waals surface area contributed by atoms with Gasteiger partial charge in [-0.25, -0.2) is 4.79 Å². The Balaban J connectivity index is 1.87. The molecule has 0 radical (unpaired) electrons. The SMILES string of the molecule is Cc1nn([C@@H]2CN(C)C[C@@H]2C)cc1Nc1cnccc1C(=O)O. The summed E-state index contributed by atoms with van der Waals surface area (Å²) >= 11 is 0. The minimum Gasteiger partial charge on any atom is -0.478 e. The zero-order chi connectivity index (χ0) is 16.6. The van der Waals surface area contributed by atoms with E-state index in [0.29, 0.717) is 17.6 Å². The number of aryl methyl sites for hydroxylation is 1. The average molecular weight is 315 g/mol. The fourth-order valence-corrected chi connectivity index (χ4v) is 3.13. The monoisotopic (exact) mass is 315 g/mol. The molecule has 7 nitrogen and oxygen atoms in total. The molecule has 0 bridgehead atoms. The molecule has 0 aromatic carbocycles. The van der Waals surface area contributed by atoms with Crippen molar-refractivity contribution in [3.63, 3.8) is 0 Å². The molecule has 122 valence electrons. The number of nitrogens with zero attached hydrogens (tertiary/aromatic N) is 4. The fourth-order valence-electron chi connectivity index (χ4n) is 3.13. The molecule has 0 saturated carbocycles. The van der Waals surface area contributed by atoms with Crippen LogP contribution in [-0.2, 0) is 0 Å². The van der Waals surface area contributed by atoms with Gasteiger partial charge in [0.1, 0.15) is 0 Å². The van der Waals surface area contributed by atoms with Gasteiger partial charge in [-0.1, -0.05) is 6.92 Å². The Labute approximate surface area is 134 Å². The Kier molecular flexibility index (Phi) is 4.04. The largest absolute Gasteiger partial charge is 0.478 e. The molecule has 3 heterocycles. The van der Waals surface area contributed by atoms with E-state index in [1.54, 1.807) is 0 Å². The summed E-state index contributed by atoms with van der Waals surface area (Å²) in [6.45, 7) is 6.16. The van der Waals surface area contributed by atoms with Crippen molar-refractivity contribution >= 4 is 17.3 Å². The maximum absolute atomic E-state index is 11.3. The third-order valence-electron chi connectivity index (χ3n) is 4.33. The molecular weight excluding hydrogens is 294 g/mol. The number of likely N-dealkylation sites (N-methyl/N-ethyl adjacent to an activating group) is 1. The number of hydrogen-bond donors (Lipinski definition) is 2. The summed E-state index contributed by atoms with van der Waals surface area (Å²) < 4.78 is 1.99. The normalized spacial score (nSPS) is 21.5. The zero-order valence-electron chi connectivity index (χ0n) is 13.5. The number of carboxylic acid groups (broad SMARTS) is 1. The number of carboxylic acids is 1. The lowest BCUT2D eigenvalue weighted by Gasteiger charge is -2.14. The minimum absolute atomic E-state index is 0.195. The summed E-state index contributed by atoms with van der Waals surface area (Å²) in [6.07, 6.45) is 4.95. The van der Waals surface area contributed by atoms with E-state index in [0.717, 1.165) is 24.5 Å². The molecule has 7 heteroatoms. The highest BCUT2D eigenvalue weighted by atomic mass is 16.4. The number of likely N-dealkylation sites (tertiary alicyclic amines) is 1. The molecule has 2 aromatic heterocycles. The van der Waals surface area contributed by atoms with Gasteiger partial charge in [-0.15, -0.1) is 0 Å². The molecule has 2 aromatic rings. The maximum atomic E-state index is 11.3. The molecule has 0 aliphatic carbocycles. The van der Waals surface area contributed by atoms with Crippen LogP contribution in [-0.4, -0.2) is 50.9 Å². The van der Waals surface area contributed by atoms with Crippen molar-refractivity contribution in [3.05, 3.63) is 35.9 Å². The van der Waals surface area contributed by atoms with E-state index in [1.165, 1.54) is 18.5 Å². The van der Waals surface area contributed by atoms with Gasteiger partial charge in [0.05, 0.1) is 34.9 Å². The quantitative estimate of drug-likeness (QED) is 0.899. The highest BCUT2D eigenvalue weighted by Gasteiger charge is 2.29. The van der Waals surface area contributed by atoms with Gasteiger partial charge in [0.25, 0.3) is 0 Å². The van der Waals surface area contributed by atoms with Gasteiger partial charge in [0.15, 0.2) is 0 Å². The first-order valence-electron chi connectivity index (χ1n) is 7.64. The van der Waals surface area contributed by atoms with Crippen LogP contribution in [0.3, 0.4) is 0 Å². The first kappa shape index (κ1) is 15.5. The van der Waals surface area contributed by atoms with Crippen molar-refractivity contribution in [2.75, 3.05) is 25.5 Å². The van der Waals surface area contributed by atoms with Crippen LogP contribution in [0.4, 0.5) is 11.4 Å². The Hall–Kier alpha value is -2.41. The van der Waals surface area contributed by atoms with Crippen LogP contribution in [0.1, 0.15) is 29.0 Å². The number of carbonyl (C=O) groups is 1. The fraction of sp³-hybridized carbons (Fsp3) is 0.438. The van der Waals surface area contributed by atoms with Crippen molar-refractivity contribution < 1.29 is 9.90 Å². The molecule has 0 amide bonds. The number of nitrogens with one attached hydrogen (secondary N) is 1. The third kappa shape index (κ3) is 3.05. The number of hydrogen-bond acceptors (Lipinski definition) is 5. The lowest BCUT2D eigenvalue weighted by atomic mass is 10.1. The second-order valence-electron chi connectivity index (χ2n) is 6.23. The summed E-state index contributed by atoms with van der Waals surface area (Å²) in [5.41, 5.74) is 2.31. The van der Waals surface area contributed by atoms with Gasteiger partial charge in [-0.2, -0.15) is 5.10 Å². The average Bonchev–Trinajstić information content (AvgIpc) is 3.02. The first-order chi connectivity index (χ1) is 11.0. The Morgan fingerprint density at radius 3 is 2.83 bits per heavy atom. The van der Waals surface area contributed by atoms with E-state index in [1.807, 2.05) is 17.8 Å². The predicted octanol–water partition coefficient (Wildman–Crippen LogP) is 2.15. The second kappa shape index (κ2) is 6.00. The van der Waals surface area contributed by atoms with E-state index in [2.05, 4.69) is 34.3 Å². The molecule has 2 N–H and O–H groups in total. The first-order valence-corrected chi connectivity index (χ1v) is 7.64. The molecule has 2 atom stereocenters.